The molecule has 1 rings (SSSR count). The fourth-order valence-corrected chi connectivity index (χ4v) is 1.24. The molecule has 2 N–H and O–H groups in total. The lowest BCUT2D eigenvalue weighted by molar-refractivity contribution is 0.317. The zero-order valence-electron chi connectivity index (χ0n) is 8.94. The molecule has 1 nitrogen and oxygen atoms in total. The summed E-state index contributed by atoms with van der Waals surface area (Å²) in [5.41, 5.74) is 5.35. The molecule has 0 aliphatic heterocycles. The van der Waals surface area contributed by atoms with Gasteiger partial charge in [0.2, 0.25) is 0 Å². The molecule has 0 saturated carbocycles. The van der Waals surface area contributed by atoms with Crippen LogP contribution in [0.5, 0.6) is 0 Å². The van der Waals surface area contributed by atoms with E-state index in [1.54, 1.807) is 20.8 Å². The molecule has 84 valence electrons. The molecule has 0 heterocycles. The lowest BCUT2D eigenvalue weighted by atomic mass is 9.83. The van der Waals surface area contributed by atoms with Crippen molar-refractivity contribution in [3.8, 4) is 0 Å². The van der Waals surface area contributed by atoms with Crippen LogP contribution in [0.2, 0.25) is 0 Å². The van der Waals surface area contributed by atoms with E-state index in [9.17, 15) is 13.2 Å². The zero-order valence-corrected chi connectivity index (χ0v) is 8.94. The molecule has 0 unspecified atom stereocenters. The van der Waals surface area contributed by atoms with E-state index in [2.05, 4.69) is 0 Å². The van der Waals surface area contributed by atoms with Crippen molar-refractivity contribution < 1.29 is 13.2 Å². The molecular formula is C11H14F3N. The molecule has 0 radical (unpaired) electrons. The highest BCUT2D eigenvalue weighted by atomic mass is 19.2. The van der Waals surface area contributed by atoms with Crippen molar-refractivity contribution in [1.82, 2.24) is 0 Å². The Kier molecular flexibility index (Phi) is 3.09. The Bertz CT molecular complexity index is 369. The van der Waals surface area contributed by atoms with Crippen LogP contribution < -0.4 is 5.73 Å². The Morgan fingerprint density at radius 1 is 1.00 bits per heavy atom. The first kappa shape index (κ1) is 12.0. The predicted molar refractivity (Wildman–Crippen MR) is 52.7 cm³/mol. The van der Waals surface area contributed by atoms with E-state index < -0.39 is 28.9 Å². The van der Waals surface area contributed by atoms with Crippen LogP contribution in [-0.4, -0.2) is 0 Å². The summed E-state index contributed by atoms with van der Waals surface area (Å²) in [5.74, 6) is -3.08. The number of hydrogen-bond donors (Lipinski definition) is 1. The summed E-state index contributed by atoms with van der Waals surface area (Å²) < 4.78 is 38.9. The second-order valence-corrected chi connectivity index (χ2v) is 4.63. The van der Waals surface area contributed by atoms with Gasteiger partial charge in [-0.05, 0) is 11.5 Å². The molecule has 0 aliphatic carbocycles. The van der Waals surface area contributed by atoms with E-state index >= 15 is 0 Å². The van der Waals surface area contributed by atoms with E-state index in [1.807, 2.05) is 0 Å². The maximum Gasteiger partial charge on any atom is 0.161 e. The SMILES string of the molecule is CC(C)(C)[C@H](N)c1cc(F)c(F)cc1F. The number of benzene rings is 1. The number of rotatable bonds is 1. The third-order valence-corrected chi connectivity index (χ3v) is 2.31. The van der Waals surface area contributed by atoms with Gasteiger partial charge >= 0.3 is 0 Å². The summed E-state index contributed by atoms with van der Waals surface area (Å²) in [7, 11) is 0. The number of halogens is 3. The number of nitrogens with two attached hydrogens (primary N) is 1. The summed E-state index contributed by atoms with van der Waals surface area (Å²) in [5, 5.41) is 0. The van der Waals surface area contributed by atoms with Gasteiger partial charge in [-0.1, -0.05) is 20.8 Å². The van der Waals surface area contributed by atoms with Gasteiger partial charge in [0, 0.05) is 17.7 Å². The highest BCUT2D eigenvalue weighted by Gasteiger charge is 2.26. The normalized spacial score (nSPS) is 14.1. The van der Waals surface area contributed by atoms with E-state index in [-0.39, 0.29) is 5.56 Å². The van der Waals surface area contributed by atoms with Crippen molar-refractivity contribution in [2.75, 3.05) is 0 Å². The van der Waals surface area contributed by atoms with Gasteiger partial charge in [0.15, 0.2) is 11.6 Å². The molecule has 1 aromatic carbocycles. The lowest BCUT2D eigenvalue weighted by Crippen LogP contribution is -2.27. The van der Waals surface area contributed by atoms with Crippen molar-refractivity contribution in [2.45, 2.75) is 26.8 Å². The van der Waals surface area contributed by atoms with Crippen molar-refractivity contribution in [3.05, 3.63) is 35.1 Å². The topological polar surface area (TPSA) is 26.0 Å². The maximum absolute atomic E-state index is 13.3. The van der Waals surface area contributed by atoms with Crippen LogP contribution in [0.15, 0.2) is 12.1 Å². The lowest BCUT2D eigenvalue weighted by Gasteiger charge is -2.27. The third kappa shape index (κ3) is 2.50. The van der Waals surface area contributed by atoms with E-state index in [0.29, 0.717) is 6.07 Å². The molecule has 1 atom stereocenters. The first-order valence-electron chi connectivity index (χ1n) is 4.63. The molecule has 0 fully saturated rings. The van der Waals surface area contributed by atoms with Crippen LogP contribution in [0.1, 0.15) is 32.4 Å². The second kappa shape index (κ2) is 3.85. The molecule has 0 bridgehead atoms. The summed E-state index contributed by atoms with van der Waals surface area (Å²) in [6.45, 7) is 5.41. The Balaban J connectivity index is 3.21. The van der Waals surface area contributed by atoms with Crippen LogP contribution >= 0.6 is 0 Å². The van der Waals surface area contributed by atoms with E-state index in [0.717, 1.165) is 6.07 Å². The van der Waals surface area contributed by atoms with Gasteiger partial charge in [0.25, 0.3) is 0 Å². The Morgan fingerprint density at radius 2 is 1.47 bits per heavy atom. The van der Waals surface area contributed by atoms with Crippen LogP contribution in [0.25, 0.3) is 0 Å². The highest BCUT2D eigenvalue weighted by Crippen LogP contribution is 2.32. The predicted octanol–water partition coefficient (Wildman–Crippen LogP) is 3.15. The zero-order chi connectivity index (χ0) is 11.8. The molecule has 4 heteroatoms. The van der Waals surface area contributed by atoms with Gasteiger partial charge in [0.1, 0.15) is 5.82 Å². The third-order valence-electron chi connectivity index (χ3n) is 2.31. The van der Waals surface area contributed by atoms with E-state index in [4.69, 9.17) is 5.73 Å². The summed E-state index contributed by atoms with van der Waals surface area (Å²) in [4.78, 5) is 0. The minimum absolute atomic E-state index is 0.00130. The van der Waals surface area contributed by atoms with Crippen molar-refractivity contribution in [3.63, 3.8) is 0 Å². The quantitative estimate of drug-likeness (QED) is 0.718. The van der Waals surface area contributed by atoms with Crippen LogP contribution in [0, 0.1) is 22.9 Å². The van der Waals surface area contributed by atoms with Crippen LogP contribution in [0.4, 0.5) is 13.2 Å². The Morgan fingerprint density at radius 3 is 1.93 bits per heavy atom. The first-order valence-corrected chi connectivity index (χ1v) is 4.63. The molecule has 0 aliphatic rings. The smallest absolute Gasteiger partial charge is 0.161 e. The van der Waals surface area contributed by atoms with Crippen molar-refractivity contribution >= 4 is 0 Å². The number of hydrogen-bond acceptors (Lipinski definition) is 1. The van der Waals surface area contributed by atoms with Gasteiger partial charge in [0.05, 0.1) is 0 Å². The molecule has 15 heavy (non-hydrogen) atoms. The molecule has 0 amide bonds. The summed E-state index contributed by atoms with van der Waals surface area (Å²) in [6, 6.07) is 0.671. The summed E-state index contributed by atoms with van der Waals surface area (Å²) >= 11 is 0. The standard InChI is InChI=1S/C11H14F3N/c1-11(2,3)10(15)6-4-8(13)9(14)5-7(6)12/h4-5,10H,15H2,1-3H3/t10-/m1/s1. The van der Waals surface area contributed by atoms with Gasteiger partial charge in [-0.25, -0.2) is 13.2 Å². The van der Waals surface area contributed by atoms with Gasteiger partial charge in [-0.15, -0.1) is 0 Å². The molecule has 0 aromatic heterocycles. The largest absolute Gasteiger partial charge is 0.323 e. The maximum atomic E-state index is 13.3. The minimum atomic E-state index is -1.20. The Hall–Kier alpha value is -1.03. The van der Waals surface area contributed by atoms with Gasteiger partial charge in [-0.2, -0.15) is 0 Å². The van der Waals surface area contributed by atoms with Gasteiger partial charge in [-0.3, -0.25) is 0 Å². The fraction of sp³-hybridized carbons (Fsp3) is 0.455. The summed E-state index contributed by atoms with van der Waals surface area (Å²) in [6.07, 6.45) is 0. The Labute approximate surface area is 87.1 Å². The first-order chi connectivity index (χ1) is 6.73. The monoisotopic (exact) mass is 217 g/mol. The van der Waals surface area contributed by atoms with Crippen LogP contribution in [-0.2, 0) is 0 Å². The molecule has 0 saturated heterocycles. The molecule has 1 aromatic rings. The highest BCUT2D eigenvalue weighted by molar-refractivity contribution is 5.24. The van der Waals surface area contributed by atoms with Gasteiger partial charge < -0.3 is 5.73 Å². The van der Waals surface area contributed by atoms with Crippen molar-refractivity contribution in [1.29, 1.82) is 0 Å². The molecule has 0 spiro atoms. The molecular weight excluding hydrogens is 203 g/mol. The van der Waals surface area contributed by atoms with Crippen LogP contribution in [0.3, 0.4) is 0 Å². The minimum Gasteiger partial charge on any atom is -0.323 e. The van der Waals surface area contributed by atoms with E-state index in [1.165, 1.54) is 0 Å². The average molecular weight is 217 g/mol. The average Bonchev–Trinajstić information content (AvgIpc) is 2.08. The fourth-order valence-electron chi connectivity index (χ4n) is 1.24. The van der Waals surface area contributed by atoms with Crippen molar-refractivity contribution in [2.24, 2.45) is 11.1 Å². The second-order valence-electron chi connectivity index (χ2n) is 4.63.